The van der Waals surface area contributed by atoms with E-state index in [2.05, 4.69) is 10.3 Å². The molecule has 6 rings (SSSR count). The fraction of sp³-hybridized carbons (Fsp3) is 0.609. The van der Waals surface area contributed by atoms with Crippen molar-refractivity contribution >= 4 is 29.0 Å². The number of ether oxygens (including phenoxy) is 1. The predicted molar refractivity (Wildman–Crippen MR) is 118 cm³/mol. The van der Waals surface area contributed by atoms with Gasteiger partial charge in [0.2, 0.25) is 0 Å². The van der Waals surface area contributed by atoms with Crippen LogP contribution >= 0.6 is 12.2 Å². The van der Waals surface area contributed by atoms with Crippen LogP contribution in [-0.2, 0) is 11.3 Å². The smallest absolute Gasteiger partial charge is 0.262 e. The highest BCUT2D eigenvalue weighted by Crippen LogP contribution is 2.55. The van der Waals surface area contributed by atoms with E-state index in [1.807, 2.05) is 0 Å². The van der Waals surface area contributed by atoms with Gasteiger partial charge in [-0.3, -0.25) is 14.2 Å². The number of carbonyl (C=O) groups is 1. The van der Waals surface area contributed by atoms with E-state index in [-0.39, 0.29) is 17.0 Å². The second kappa shape index (κ2) is 7.61. The Balaban J connectivity index is 1.40. The van der Waals surface area contributed by atoms with Gasteiger partial charge in [-0.25, -0.2) is 0 Å². The van der Waals surface area contributed by atoms with E-state index in [0.717, 1.165) is 37.0 Å². The highest BCUT2D eigenvalue weighted by atomic mass is 32.1. The lowest BCUT2D eigenvalue weighted by Crippen LogP contribution is -2.59. The number of benzene rings is 1. The Morgan fingerprint density at radius 2 is 1.90 bits per heavy atom. The van der Waals surface area contributed by atoms with Crippen LogP contribution in [0.4, 0.5) is 0 Å². The van der Waals surface area contributed by atoms with E-state index in [0.29, 0.717) is 40.8 Å². The third kappa shape index (κ3) is 3.52. The number of hydrogen-bond acceptors (Lipinski definition) is 4. The Bertz CT molecular complexity index is 1070. The number of H-pyrrole nitrogens is 1. The molecule has 4 fully saturated rings. The number of fused-ring (bicyclic) bond motifs is 1. The molecule has 2 aromatic rings. The fourth-order valence-electron chi connectivity index (χ4n) is 6.54. The molecule has 1 amide bonds. The lowest BCUT2D eigenvalue weighted by molar-refractivity contribution is -0.0167. The van der Waals surface area contributed by atoms with Crippen LogP contribution in [0.25, 0.3) is 10.9 Å². The first-order valence-corrected chi connectivity index (χ1v) is 11.5. The van der Waals surface area contributed by atoms with Crippen molar-refractivity contribution in [3.05, 3.63) is 38.9 Å². The van der Waals surface area contributed by atoms with Gasteiger partial charge in [-0.1, -0.05) is 0 Å². The first-order chi connectivity index (χ1) is 14.5. The molecule has 1 aromatic carbocycles. The maximum absolute atomic E-state index is 13.1. The lowest BCUT2D eigenvalue weighted by Gasteiger charge is -2.56. The summed E-state index contributed by atoms with van der Waals surface area (Å²) in [5, 5.41) is 3.95. The molecule has 1 heterocycles. The molecule has 0 aliphatic heterocycles. The van der Waals surface area contributed by atoms with Crippen LogP contribution in [0, 0.1) is 22.5 Å². The minimum atomic E-state index is -0.127. The van der Waals surface area contributed by atoms with Crippen molar-refractivity contribution in [1.29, 1.82) is 0 Å². The molecule has 4 aliphatic carbocycles. The molecule has 0 saturated heterocycles. The van der Waals surface area contributed by atoms with Gasteiger partial charge in [-0.15, -0.1) is 0 Å². The maximum atomic E-state index is 13.1. The van der Waals surface area contributed by atoms with E-state index in [1.165, 1.54) is 19.3 Å². The minimum Gasteiger partial charge on any atom is -0.385 e. The number of aromatic nitrogens is 2. The Labute approximate surface area is 181 Å². The van der Waals surface area contributed by atoms with Crippen LogP contribution in [0.3, 0.4) is 0 Å². The average Bonchev–Trinajstić information content (AvgIpc) is 2.68. The van der Waals surface area contributed by atoms with E-state index < -0.39 is 0 Å². The molecule has 0 atom stereocenters. The SMILES string of the molecule is COCCCn1c(=S)[nH]c2cc(C(=O)NC34CC5CC(CC(C5)C3)C4)ccc2c1=O. The Hall–Kier alpha value is -1.99. The minimum absolute atomic E-state index is 0.0293. The summed E-state index contributed by atoms with van der Waals surface area (Å²) in [5.74, 6) is 2.30. The molecule has 160 valence electrons. The topological polar surface area (TPSA) is 76.1 Å². The molecule has 4 saturated carbocycles. The zero-order chi connectivity index (χ0) is 20.9. The third-order valence-corrected chi connectivity index (χ3v) is 7.71. The highest BCUT2D eigenvalue weighted by molar-refractivity contribution is 7.71. The van der Waals surface area contributed by atoms with Crippen molar-refractivity contribution in [3.8, 4) is 0 Å². The van der Waals surface area contributed by atoms with Crippen molar-refractivity contribution in [2.45, 2.75) is 57.0 Å². The van der Waals surface area contributed by atoms with Gasteiger partial charge in [0.25, 0.3) is 11.5 Å². The van der Waals surface area contributed by atoms with Gasteiger partial charge in [0.1, 0.15) is 0 Å². The van der Waals surface area contributed by atoms with Crippen LogP contribution < -0.4 is 10.9 Å². The van der Waals surface area contributed by atoms with Gasteiger partial charge < -0.3 is 15.0 Å². The zero-order valence-electron chi connectivity index (χ0n) is 17.4. The fourth-order valence-corrected chi connectivity index (χ4v) is 6.83. The van der Waals surface area contributed by atoms with Gasteiger partial charge in [0.15, 0.2) is 4.77 Å². The van der Waals surface area contributed by atoms with Crippen molar-refractivity contribution in [2.75, 3.05) is 13.7 Å². The van der Waals surface area contributed by atoms with Gasteiger partial charge in [-0.2, -0.15) is 0 Å². The molecule has 6 nitrogen and oxygen atoms in total. The molecule has 7 heteroatoms. The lowest BCUT2D eigenvalue weighted by atomic mass is 9.53. The maximum Gasteiger partial charge on any atom is 0.262 e. The molecule has 30 heavy (non-hydrogen) atoms. The number of methoxy groups -OCH3 is 1. The van der Waals surface area contributed by atoms with E-state index in [9.17, 15) is 9.59 Å². The predicted octanol–water partition coefficient (Wildman–Crippen LogP) is 3.79. The molecule has 0 radical (unpaired) electrons. The summed E-state index contributed by atoms with van der Waals surface area (Å²) < 4.78 is 7.01. The van der Waals surface area contributed by atoms with Crippen LogP contribution in [0.5, 0.6) is 0 Å². The Morgan fingerprint density at radius 1 is 1.23 bits per heavy atom. The van der Waals surface area contributed by atoms with Crippen molar-refractivity contribution in [2.24, 2.45) is 17.8 Å². The molecule has 0 spiro atoms. The van der Waals surface area contributed by atoms with Gasteiger partial charge >= 0.3 is 0 Å². The monoisotopic (exact) mass is 427 g/mol. The number of aromatic amines is 1. The third-order valence-electron chi connectivity index (χ3n) is 7.39. The van der Waals surface area contributed by atoms with Crippen molar-refractivity contribution < 1.29 is 9.53 Å². The highest BCUT2D eigenvalue weighted by Gasteiger charge is 2.51. The second-order valence-electron chi connectivity index (χ2n) is 9.65. The molecule has 0 unspecified atom stereocenters. The summed E-state index contributed by atoms with van der Waals surface area (Å²) in [6.07, 6.45) is 8.10. The summed E-state index contributed by atoms with van der Waals surface area (Å²) in [6.45, 7) is 1.08. The molecular weight excluding hydrogens is 398 g/mol. The Morgan fingerprint density at radius 3 is 2.53 bits per heavy atom. The van der Waals surface area contributed by atoms with Gasteiger partial charge in [0.05, 0.1) is 10.9 Å². The van der Waals surface area contributed by atoms with Crippen LogP contribution in [0.15, 0.2) is 23.0 Å². The van der Waals surface area contributed by atoms with Gasteiger partial charge in [-0.05, 0) is 93.1 Å². The molecular formula is C23H29N3O3S. The molecule has 1 aromatic heterocycles. The van der Waals surface area contributed by atoms with Crippen LogP contribution in [-0.4, -0.2) is 34.7 Å². The normalized spacial score (nSPS) is 29.4. The van der Waals surface area contributed by atoms with Gasteiger partial charge in [0, 0.05) is 31.4 Å². The summed E-state index contributed by atoms with van der Waals surface area (Å²) in [7, 11) is 1.64. The standard InChI is InChI=1S/C23H29N3O3S/c1-29-6-2-5-26-21(28)18-4-3-17(10-19(18)24-22(26)30)20(27)25-23-11-14-7-15(12-23)9-16(8-14)13-23/h3-4,10,14-16H,2,5-9,11-13H2,1H3,(H,24,30)(H,25,27). The zero-order valence-corrected chi connectivity index (χ0v) is 18.2. The summed E-state index contributed by atoms with van der Waals surface area (Å²) in [4.78, 5) is 29.1. The van der Waals surface area contributed by atoms with Crippen molar-refractivity contribution in [1.82, 2.24) is 14.9 Å². The molecule has 4 aliphatic rings. The number of hydrogen-bond donors (Lipinski definition) is 2. The van der Waals surface area contributed by atoms with E-state index >= 15 is 0 Å². The number of amides is 1. The first kappa shape index (κ1) is 19.9. The molecule has 4 bridgehead atoms. The quantitative estimate of drug-likeness (QED) is 0.543. The number of nitrogens with one attached hydrogen (secondary N) is 2. The Kier molecular flexibility index (Phi) is 5.06. The summed E-state index contributed by atoms with van der Waals surface area (Å²) in [6, 6.07) is 5.27. The second-order valence-corrected chi connectivity index (χ2v) is 10.0. The first-order valence-electron chi connectivity index (χ1n) is 11.0. The van der Waals surface area contributed by atoms with E-state index in [1.54, 1.807) is 29.9 Å². The number of rotatable bonds is 6. The molecule has 2 N–H and O–H groups in total. The summed E-state index contributed by atoms with van der Waals surface area (Å²) in [5.41, 5.74) is 1.04. The largest absolute Gasteiger partial charge is 0.385 e. The van der Waals surface area contributed by atoms with E-state index in [4.69, 9.17) is 17.0 Å². The van der Waals surface area contributed by atoms with Crippen LogP contribution in [0.1, 0.15) is 55.3 Å². The van der Waals surface area contributed by atoms with Crippen molar-refractivity contribution in [3.63, 3.8) is 0 Å². The number of carbonyl (C=O) groups excluding carboxylic acids is 1. The average molecular weight is 428 g/mol. The number of nitrogens with zero attached hydrogens (tertiary/aromatic N) is 1. The van der Waals surface area contributed by atoms with Crippen LogP contribution in [0.2, 0.25) is 0 Å². The summed E-state index contributed by atoms with van der Waals surface area (Å²) >= 11 is 5.40.